The minimum absolute atomic E-state index is 0.00558. The van der Waals surface area contributed by atoms with Gasteiger partial charge in [-0.05, 0) is 42.5 Å². The number of hydrogen-bond donors (Lipinski definition) is 2. The van der Waals surface area contributed by atoms with Crippen molar-refractivity contribution in [3.63, 3.8) is 0 Å². The maximum absolute atomic E-state index is 12.3. The SMILES string of the molecule is CC1(C)CCC(NC(=O)c2sccc2C#CCN)CC1. The highest BCUT2D eigenvalue weighted by atomic mass is 32.1. The molecule has 1 heterocycles. The molecule has 0 radical (unpaired) electrons. The summed E-state index contributed by atoms with van der Waals surface area (Å²) in [4.78, 5) is 13.0. The molecule has 0 saturated heterocycles. The van der Waals surface area contributed by atoms with Crippen LogP contribution in [-0.4, -0.2) is 18.5 Å². The lowest BCUT2D eigenvalue weighted by Crippen LogP contribution is -2.39. The maximum atomic E-state index is 12.3. The maximum Gasteiger partial charge on any atom is 0.262 e. The molecule has 1 aliphatic rings. The Labute approximate surface area is 124 Å². The second-order valence-corrected chi connectivity index (χ2v) is 7.00. The molecule has 108 valence electrons. The van der Waals surface area contributed by atoms with Crippen molar-refractivity contribution in [2.24, 2.45) is 11.1 Å². The largest absolute Gasteiger partial charge is 0.349 e. The summed E-state index contributed by atoms with van der Waals surface area (Å²) in [6.07, 6.45) is 4.46. The van der Waals surface area contributed by atoms with Gasteiger partial charge in [-0.1, -0.05) is 25.7 Å². The van der Waals surface area contributed by atoms with E-state index >= 15 is 0 Å². The van der Waals surface area contributed by atoms with E-state index in [0.29, 0.717) is 22.9 Å². The number of carbonyl (C=O) groups excluding carboxylic acids is 1. The van der Waals surface area contributed by atoms with Crippen molar-refractivity contribution in [1.82, 2.24) is 5.32 Å². The van der Waals surface area contributed by atoms with Gasteiger partial charge in [0.15, 0.2) is 0 Å². The van der Waals surface area contributed by atoms with Crippen molar-refractivity contribution in [3.8, 4) is 11.8 Å². The molecule has 1 aromatic heterocycles. The first-order valence-electron chi connectivity index (χ1n) is 7.09. The summed E-state index contributed by atoms with van der Waals surface area (Å²) in [6.45, 7) is 4.91. The van der Waals surface area contributed by atoms with E-state index in [1.54, 1.807) is 0 Å². The van der Waals surface area contributed by atoms with Gasteiger partial charge in [-0.2, -0.15) is 0 Å². The molecule has 0 bridgehead atoms. The molecule has 4 heteroatoms. The van der Waals surface area contributed by atoms with Gasteiger partial charge in [0.1, 0.15) is 4.88 Å². The molecule has 0 unspecified atom stereocenters. The molecule has 1 saturated carbocycles. The zero-order chi connectivity index (χ0) is 14.6. The lowest BCUT2D eigenvalue weighted by atomic mass is 9.75. The van der Waals surface area contributed by atoms with E-state index in [4.69, 9.17) is 5.73 Å². The molecule has 3 N–H and O–H groups in total. The van der Waals surface area contributed by atoms with Gasteiger partial charge in [-0.15, -0.1) is 11.3 Å². The third-order valence-corrected chi connectivity index (χ3v) is 4.78. The van der Waals surface area contributed by atoms with Gasteiger partial charge in [-0.25, -0.2) is 0 Å². The Kier molecular flexibility index (Phi) is 4.85. The standard InChI is InChI=1S/C16H22N2OS/c1-16(2)8-5-13(6-9-16)18-15(19)14-12(4-3-10-17)7-11-20-14/h7,11,13H,5-6,8-10,17H2,1-2H3,(H,18,19). The zero-order valence-corrected chi connectivity index (χ0v) is 13.0. The predicted molar refractivity (Wildman–Crippen MR) is 83.8 cm³/mol. The second kappa shape index (κ2) is 6.43. The number of rotatable bonds is 2. The van der Waals surface area contributed by atoms with E-state index in [9.17, 15) is 4.79 Å². The van der Waals surface area contributed by atoms with Crippen LogP contribution in [-0.2, 0) is 0 Å². The van der Waals surface area contributed by atoms with E-state index in [1.807, 2.05) is 11.4 Å². The van der Waals surface area contributed by atoms with Gasteiger partial charge in [0.25, 0.3) is 5.91 Å². The molecule has 1 fully saturated rings. The molecule has 3 nitrogen and oxygen atoms in total. The highest BCUT2D eigenvalue weighted by molar-refractivity contribution is 7.12. The molecule has 1 aliphatic carbocycles. The normalized spacial score (nSPS) is 18.1. The fourth-order valence-corrected chi connectivity index (χ4v) is 3.28. The Morgan fingerprint density at radius 1 is 1.50 bits per heavy atom. The zero-order valence-electron chi connectivity index (χ0n) is 12.2. The molecule has 0 aliphatic heterocycles. The quantitative estimate of drug-likeness (QED) is 0.823. The lowest BCUT2D eigenvalue weighted by Gasteiger charge is -2.34. The summed E-state index contributed by atoms with van der Waals surface area (Å²) in [5.41, 5.74) is 6.58. The fraction of sp³-hybridized carbons (Fsp3) is 0.562. The summed E-state index contributed by atoms with van der Waals surface area (Å²) in [6, 6.07) is 2.18. The van der Waals surface area contributed by atoms with Gasteiger partial charge >= 0.3 is 0 Å². The van der Waals surface area contributed by atoms with Crippen LogP contribution in [0.2, 0.25) is 0 Å². The molecule has 0 spiro atoms. The highest BCUT2D eigenvalue weighted by Gasteiger charge is 2.28. The lowest BCUT2D eigenvalue weighted by molar-refractivity contribution is 0.0913. The summed E-state index contributed by atoms with van der Waals surface area (Å²) in [7, 11) is 0. The van der Waals surface area contributed by atoms with E-state index in [2.05, 4.69) is 31.0 Å². The smallest absolute Gasteiger partial charge is 0.262 e. The Bertz CT molecular complexity index is 526. The fourth-order valence-electron chi connectivity index (χ4n) is 2.52. The van der Waals surface area contributed by atoms with Crippen LogP contribution in [0.25, 0.3) is 0 Å². The summed E-state index contributed by atoms with van der Waals surface area (Å²) >= 11 is 1.44. The van der Waals surface area contributed by atoms with Gasteiger partial charge < -0.3 is 11.1 Å². The third-order valence-electron chi connectivity index (χ3n) is 3.87. The van der Waals surface area contributed by atoms with Crippen molar-refractivity contribution >= 4 is 17.2 Å². The minimum Gasteiger partial charge on any atom is -0.349 e. The molecule has 0 atom stereocenters. The van der Waals surface area contributed by atoms with Gasteiger partial charge in [0.05, 0.1) is 6.54 Å². The topological polar surface area (TPSA) is 55.1 Å². The molecular weight excluding hydrogens is 268 g/mol. The second-order valence-electron chi connectivity index (χ2n) is 6.08. The third kappa shape index (κ3) is 3.84. The average molecular weight is 290 g/mol. The van der Waals surface area contributed by atoms with Crippen molar-refractivity contribution in [2.45, 2.75) is 45.6 Å². The summed E-state index contributed by atoms with van der Waals surface area (Å²) in [5.74, 6) is 5.77. The summed E-state index contributed by atoms with van der Waals surface area (Å²) < 4.78 is 0. The van der Waals surface area contributed by atoms with Crippen LogP contribution in [0.3, 0.4) is 0 Å². The van der Waals surface area contributed by atoms with Gasteiger partial charge in [0, 0.05) is 11.6 Å². The van der Waals surface area contributed by atoms with E-state index < -0.39 is 0 Å². The number of nitrogens with two attached hydrogens (primary N) is 1. The van der Waals surface area contributed by atoms with Crippen LogP contribution >= 0.6 is 11.3 Å². The van der Waals surface area contributed by atoms with Gasteiger partial charge in [0.2, 0.25) is 0 Å². The Morgan fingerprint density at radius 2 is 2.20 bits per heavy atom. The van der Waals surface area contributed by atoms with Crippen LogP contribution in [0.5, 0.6) is 0 Å². The van der Waals surface area contributed by atoms with Crippen LogP contribution in [0.15, 0.2) is 11.4 Å². The molecule has 2 rings (SSSR count). The number of carbonyl (C=O) groups is 1. The van der Waals surface area contributed by atoms with Crippen LogP contribution in [0.1, 0.15) is 54.8 Å². The predicted octanol–water partition coefficient (Wildman–Crippen LogP) is 2.76. The molecule has 1 amide bonds. The van der Waals surface area contributed by atoms with Crippen LogP contribution in [0, 0.1) is 17.3 Å². The van der Waals surface area contributed by atoms with Crippen molar-refractivity contribution < 1.29 is 4.79 Å². The van der Waals surface area contributed by atoms with Crippen molar-refractivity contribution in [3.05, 3.63) is 21.9 Å². The first kappa shape index (κ1) is 15.1. The van der Waals surface area contributed by atoms with Crippen molar-refractivity contribution in [2.75, 3.05) is 6.54 Å². The number of amides is 1. The molecule has 20 heavy (non-hydrogen) atoms. The molecule has 1 aromatic rings. The molecular formula is C16H22N2OS. The first-order valence-corrected chi connectivity index (χ1v) is 7.97. The molecule has 0 aromatic carbocycles. The Hall–Kier alpha value is -1.31. The van der Waals surface area contributed by atoms with Crippen molar-refractivity contribution in [1.29, 1.82) is 0 Å². The van der Waals surface area contributed by atoms with E-state index in [0.717, 1.165) is 18.4 Å². The first-order chi connectivity index (χ1) is 9.52. The number of hydrogen-bond acceptors (Lipinski definition) is 3. The van der Waals surface area contributed by atoms with Crippen LogP contribution in [0.4, 0.5) is 0 Å². The number of thiophene rings is 1. The minimum atomic E-state index is 0.00558. The summed E-state index contributed by atoms with van der Waals surface area (Å²) in [5, 5.41) is 5.05. The monoisotopic (exact) mass is 290 g/mol. The van der Waals surface area contributed by atoms with Crippen LogP contribution < -0.4 is 11.1 Å². The van der Waals surface area contributed by atoms with E-state index in [1.165, 1.54) is 24.2 Å². The Morgan fingerprint density at radius 3 is 2.85 bits per heavy atom. The number of nitrogens with one attached hydrogen (secondary N) is 1. The van der Waals surface area contributed by atoms with E-state index in [-0.39, 0.29) is 5.91 Å². The Balaban J connectivity index is 1.97. The average Bonchev–Trinajstić information content (AvgIpc) is 2.87. The highest BCUT2D eigenvalue weighted by Crippen LogP contribution is 2.35. The van der Waals surface area contributed by atoms with Gasteiger partial charge in [-0.3, -0.25) is 4.79 Å².